The van der Waals surface area contributed by atoms with Gasteiger partial charge in [-0.15, -0.1) is 0 Å². The van der Waals surface area contributed by atoms with Gasteiger partial charge >= 0.3 is 0 Å². The van der Waals surface area contributed by atoms with Crippen LogP contribution in [0, 0.1) is 6.92 Å². The molecule has 0 aliphatic carbocycles. The molecule has 0 N–H and O–H groups in total. The normalized spacial score (nSPS) is 11.6. The molecule has 0 amide bonds. The van der Waals surface area contributed by atoms with E-state index < -0.39 is 10.0 Å². The number of aryl methyl sites for hydroxylation is 1. The lowest BCUT2D eigenvalue weighted by Crippen LogP contribution is -2.26. The molecular weight excluding hydrogens is 382 g/mol. The molecule has 0 aliphatic heterocycles. The summed E-state index contributed by atoms with van der Waals surface area (Å²) in [4.78, 5) is 4.36. The summed E-state index contributed by atoms with van der Waals surface area (Å²) in [5.41, 5.74) is 1.92. The van der Waals surface area contributed by atoms with E-state index in [-0.39, 0.29) is 17.3 Å². The Hall–Kier alpha value is -2.91. The van der Waals surface area contributed by atoms with Crippen LogP contribution in [0.15, 0.2) is 51.9 Å². The Balaban J connectivity index is 1.80. The number of nitrogens with zero attached hydrogens (tertiary/aromatic N) is 3. The zero-order valence-corrected chi connectivity index (χ0v) is 16.9. The van der Waals surface area contributed by atoms with Gasteiger partial charge in [-0.3, -0.25) is 0 Å². The van der Waals surface area contributed by atoms with Gasteiger partial charge in [-0.1, -0.05) is 35.0 Å². The predicted octanol–water partition coefficient (Wildman–Crippen LogP) is 2.88. The highest BCUT2D eigenvalue weighted by atomic mass is 32.2. The third kappa shape index (κ3) is 4.00. The van der Waals surface area contributed by atoms with Crippen molar-refractivity contribution in [3.63, 3.8) is 0 Å². The summed E-state index contributed by atoms with van der Waals surface area (Å²) in [6.45, 7) is 1.93. The molecule has 0 spiro atoms. The number of ether oxygens (including phenoxy) is 2. The van der Waals surface area contributed by atoms with Crippen LogP contribution in [-0.2, 0) is 16.6 Å². The molecule has 8 nitrogen and oxygen atoms in total. The first-order valence-corrected chi connectivity index (χ1v) is 9.87. The second-order valence-corrected chi connectivity index (χ2v) is 8.20. The number of hydrogen-bond donors (Lipinski definition) is 0. The number of rotatable bonds is 7. The van der Waals surface area contributed by atoms with Gasteiger partial charge in [0.1, 0.15) is 0 Å². The van der Waals surface area contributed by atoms with Gasteiger partial charge < -0.3 is 14.0 Å². The highest BCUT2D eigenvalue weighted by Gasteiger charge is 2.24. The van der Waals surface area contributed by atoms with Crippen molar-refractivity contribution in [3.8, 4) is 22.9 Å². The molecule has 3 aromatic rings. The van der Waals surface area contributed by atoms with Gasteiger partial charge in [0.05, 0.1) is 25.7 Å². The van der Waals surface area contributed by atoms with Crippen molar-refractivity contribution >= 4 is 10.0 Å². The van der Waals surface area contributed by atoms with E-state index in [2.05, 4.69) is 10.1 Å². The van der Waals surface area contributed by atoms with Gasteiger partial charge in [-0.2, -0.15) is 9.29 Å². The highest BCUT2D eigenvalue weighted by molar-refractivity contribution is 7.89. The Labute approximate surface area is 163 Å². The van der Waals surface area contributed by atoms with Crippen molar-refractivity contribution in [2.45, 2.75) is 18.4 Å². The quantitative estimate of drug-likeness (QED) is 0.599. The smallest absolute Gasteiger partial charge is 0.243 e. The van der Waals surface area contributed by atoms with E-state index in [1.54, 1.807) is 6.07 Å². The van der Waals surface area contributed by atoms with Gasteiger partial charge in [0.15, 0.2) is 11.5 Å². The zero-order chi connectivity index (χ0) is 20.3. The lowest BCUT2D eigenvalue weighted by Gasteiger charge is -2.16. The molecule has 0 radical (unpaired) electrons. The Morgan fingerprint density at radius 1 is 1.04 bits per heavy atom. The average Bonchev–Trinajstić information content (AvgIpc) is 3.16. The predicted molar refractivity (Wildman–Crippen MR) is 103 cm³/mol. The summed E-state index contributed by atoms with van der Waals surface area (Å²) < 4.78 is 42.4. The van der Waals surface area contributed by atoms with E-state index in [0.717, 1.165) is 15.4 Å². The summed E-state index contributed by atoms with van der Waals surface area (Å²) in [5.74, 6) is 1.38. The van der Waals surface area contributed by atoms with Gasteiger partial charge in [0, 0.05) is 18.7 Å². The summed E-state index contributed by atoms with van der Waals surface area (Å²) in [7, 11) is 0.593. The third-order valence-electron chi connectivity index (χ3n) is 4.20. The maximum atomic E-state index is 12.9. The van der Waals surface area contributed by atoms with Crippen molar-refractivity contribution in [3.05, 3.63) is 53.9 Å². The van der Waals surface area contributed by atoms with Gasteiger partial charge in [0.25, 0.3) is 0 Å². The molecule has 0 unspecified atom stereocenters. The van der Waals surface area contributed by atoms with E-state index in [4.69, 9.17) is 14.0 Å². The molecule has 1 aromatic heterocycles. The number of aromatic nitrogens is 2. The van der Waals surface area contributed by atoms with Crippen LogP contribution in [0.25, 0.3) is 11.4 Å². The molecular formula is C19H21N3O5S. The summed E-state index contributed by atoms with van der Waals surface area (Å²) >= 11 is 0. The van der Waals surface area contributed by atoms with Crippen molar-refractivity contribution in [1.29, 1.82) is 0 Å². The minimum atomic E-state index is -3.79. The minimum Gasteiger partial charge on any atom is -0.493 e. The average molecular weight is 403 g/mol. The molecule has 0 saturated heterocycles. The standard InChI is InChI=1S/C19H21N3O5S/c1-13-5-7-14(8-6-13)19-20-18(27-21-19)12-22(2)28(23,24)15-9-10-16(25-3)17(11-15)26-4/h5-11H,12H2,1-4H3. The van der Waals surface area contributed by atoms with Crippen LogP contribution >= 0.6 is 0 Å². The molecule has 0 fully saturated rings. The Bertz CT molecular complexity index is 1060. The van der Waals surface area contributed by atoms with E-state index in [1.807, 2.05) is 31.2 Å². The lowest BCUT2D eigenvalue weighted by molar-refractivity contribution is 0.336. The molecule has 28 heavy (non-hydrogen) atoms. The number of hydrogen-bond acceptors (Lipinski definition) is 7. The van der Waals surface area contributed by atoms with Crippen LogP contribution in [0.3, 0.4) is 0 Å². The first-order valence-electron chi connectivity index (χ1n) is 8.43. The third-order valence-corrected chi connectivity index (χ3v) is 6.00. The number of benzene rings is 2. The molecule has 9 heteroatoms. The number of sulfonamides is 1. The lowest BCUT2D eigenvalue weighted by atomic mass is 10.1. The second-order valence-electron chi connectivity index (χ2n) is 6.16. The molecule has 0 aliphatic rings. The van der Waals surface area contributed by atoms with Crippen LogP contribution in [0.1, 0.15) is 11.5 Å². The molecule has 0 atom stereocenters. The first kappa shape index (κ1) is 19.8. The van der Waals surface area contributed by atoms with Crippen LogP contribution in [-0.4, -0.2) is 44.1 Å². The monoisotopic (exact) mass is 403 g/mol. The highest BCUT2D eigenvalue weighted by Crippen LogP contribution is 2.30. The Kier molecular flexibility index (Phi) is 5.66. The van der Waals surface area contributed by atoms with Gasteiger partial charge in [0.2, 0.25) is 21.7 Å². The fourth-order valence-corrected chi connectivity index (χ4v) is 3.71. The summed E-state index contributed by atoms with van der Waals surface area (Å²) in [6, 6.07) is 12.1. The zero-order valence-electron chi connectivity index (χ0n) is 16.0. The molecule has 1 heterocycles. The SMILES string of the molecule is COc1ccc(S(=O)(=O)N(C)Cc2nc(-c3ccc(C)cc3)no2)cc1OC. The van der Waals surface area contributed by atoms with Crippen LogP contribution < -0.4 is 9.47 Å². The molecule has 3 rings (SSSR count). The molecule has 148 valence electrons. The first-order chi connectivity index (χ1) is 13.3. The van der Waals surface area contributed by atoms with Crippen molar-refractivity contribution < 1.29 is 22.4 Å². The van der Waals surface area contributed by atoms with Gasteiger partial charge in [-0.05, 0) is 19.1 Å². The topological polar surface area (TPSA) is 94.8 Å². The maximum Gasteiger partial charge on any atom is 0.243 e. The van der Waals surface area contributed by atoms with E-state index >= 15 is 0 Å². The second kappa shape index (κ2) is 7.99. The fourth-order valence-electron chi connectivity index (χ4n) is 2.57. The van der Waals surface area contributed by atoms with E-state index in [9.17, 15) is 8.42 Å². The van der Waals surface area contributed by atoms with Crippen LogP contribution in [0.4, 0.5) is 0 Å². The van der Waals surface area contributed by atoms with E-state index in [1.165, 1.54) is 33.4 Å². The van der Waals surface area contributed by atoms with E-state index in [0.29, 0.717) is 17.3 Å². The Morgan fingerprint density at radius 3 is 2.36 bits per heavy atom. The molecule has 0 bridgehead atoms. The van der Waals surface area contributed by atoms with Crippen LogP contribution in [0.5, 0.6) is 11.5 Å². The largest absolute Gasteiger partial charge is 0.493 e. The van der Waals surface area contributed by atoms with Crippen LogP contribution in [0.2, 0.25) is 0 Å². The Morgan fingerprint density at radius 2 is 1.71 bits per heavy atom. The summed E-state index contributed by atoms with van der Waals surface area (Å²) in [6.07, 6.45) is 0. The number of methoxy groups -OCH3 is 2. The van der Waals surface area contributed by atoms with Crippen molar-refractivity contribution in [2.24, 2.45) is 0 Å². The van der Waals surface area contributed by atoms with Crippen molar-refractivity contribution in [1.82, 2.24) is 14.4 Å². The molecule has 2 aromatic carbocycles. The van der Waals surface area contributed by atoms with Crippen molar-refractivity contribution in [2.75, 3.05) is 21.3 Å². The summed E-state index contributed by atoms with van der Waals surface area (Å²) in [5, 5.41) is 3.93. The molecule has 0 saturated carbocycles. The fraction of sp³-hybridized carbons (Fsp3) is 0.263. The maximum absolute atomic E-state index is 12.9. The minimum absolute atomic E-state index is 0.0600. The van der Waals surface area contributed by atoms with Gasteiger partial charge in [-0.25, -0.2) is 8.42 Å².